The third-order valence-corrected chi connectivity index (χ3v) is 2.49. The van der Waals surface area contributed by atoms with Crippen LogP contribution >= 0.6 is 0 Å². The van der Waals surface area contributed by atoms with Gasteiger partial charge in [0.1, 0.15) is 5.52 Å². The summed E-state index contributed by atoms with van der Waals surface area (Å²) in [6.07, 6.45) is 0. The number of fused-ring (bicyclic) bond motifs is 3. The molecule has 5 heteroatoms. The lowest BCUT2D eigenvalue weighted by molar-refractivity contribution is 0.0692. The zero-order chi connectivity index (χ0) is 11.1. The minimum atomic E-state index is -1.06. The second-order valence-corrected chi connectivity index (χ2v) is 3.43. The van der Waals surface area contributed by atoms with Crippen LogP contribution in [0.3, 0.4) is 0 Å². The molecule has 1 aromatic carbocycles. The lowest BCUT2D eigenvalue weighted by Crippen LogP contribution is -1.97. The Hall–Kier alpha value is -2.43. The molecular formula is C11H7N3O2. The van der Waals surface area contributed by atoms with E-state index in [2.05, 4.69) is 10.3 Å². The second kappa shape index (κ2) is 3.03. The van der Waals surface area contributed by atoms with Gasteiger partial charge in [-0.2, -0.15) is 0 Å². The smallest absolute Gasteiger partial charge is 0.358 e. The minimum Gasteiger partial charge on any atom is -0.476 e. The molecule has 3 rings (SSSR count). The van der Waals surface area contributed by atoms with Crippen molar-refractivity contribution >= 4 is 22.4 Å². The van der Waals surface area contributed by atoms with E-state index >= 15 is 0 Å². The number of aromatic nitrogens is 3. The Labute approximate surface area is 89.9 Å². The Morgan fingerprint density at radius 3 is 2.75 bits per heavy atom. The maximum atomic E-state index is 10.9. The highest BCUT2D eigenvalue weighted by Gasteiger charge is 2.14. The zero-order valence-electron chi connectivity index (χ0n) is 8.16. The lowest BCUT2D eigenvalue weighted by Gasteiger charge is -1.99. The summed E-state index contributed by atoms with van der Waals surface area (Å²) in [5.74, 6) is -1.06. The number of aromatic carboxylic acids is 1. The van der Waals surface area contributed by atoms with Crippen LogP contribution in [0.25, 0.3) is 16.4 Å². The summed E-state index contributed by atoms with van der Waals surface area (Å²) in [6, 6.07) is 11.2. The number of nitrogens with zero attached hydrogens (tertiary/aromatic N) is 3. The van der Waals surface area contributed by atoms with Crippen LogP contribution < -0.4 is 0 Å². The highest BCUT2D eigenvalue weighted by molar-refractivity contribution is 5.95. The van der Waals surface area contributed by atoms with Crippen molar-refractivity contribution in [1.82, 2.24) is 14.8 Å². The number of hydrogen-bond donors (Lipinski definition) is 1. The van der Waals surface area contributed by atoms with Gasteiger partial charge >= 0.3 is 5.97 Å². The van der Waals surface area contributed by atoms with E-state index in [4.69, 9.17) is 5.11 Å². The molecule has 1 N–H and O–H groups in total. The quantitative estimate of drug-likeness (QED) is 0.666. The molecule has 2 heterocycles. The standard InChI is InChI=1S/C11H7N3O2/c15-11(16)10-9-6-5-7-3-1-2-4-8(7)14(9)13-12-10/h1-6H,(H,15,16). The van der Waals surface area contributed by atoms with Crippen molar-refractivity contribution in [2.24, 2.45) is 0 Å². The molecule has 0 saturated carbocycles. The fraction of sp³-hybridized carbons (Fsp3) is 0. The van der Waals surface area contributed by atoms with Crippen LogP contribution in [-0.2, 0) is 0 Å². The highest BCUT2D eigenvalue weighted by Crippen LogP contribution is 2.17. The molecule has 2 aromatic heterocycles. The molecule has 0 spiro atoms. The molecule has 0 aliphatic carbocycles. The van der Waals surface area contributed by atoms with Gasteiger partial charge in [-0.1, -0.05) is 29.5 Å². The second-order valence-electron chi connectivity index (χ2n) is 3.43. The van der Waals surface area contributed by atoms with Crippen LogP contribution in [0.1, 0.15) is 10.5 Å². The van der Waals surface area contributed by atoms with E-state index in [-0.39, 0.29) is 5.69 Å². The van der Waals surface area contributed by atoms with Gasteiger partial charge in [-0.3, -0.25) is 0 Å². The monoisotopic (exact) mass is 213 g/mol. The van der Waals surface area contributed by atoms with Gasteiger partial charge in [-0.15, -0.1) is 5.10 Å². The summed E-state index contributed by atoms with van der Waals surface area (Å²) in [5.41, 5.74) is 1.33. The van der Waals surface area contributed by atoms with Gasteiger partial charge in [-0.25, -0.2) is 9.31 Å². The molecule has 5 nitrogen and oxygen atoms in total. The van der Waals surface area contributed by atoms with E-state index in [0.717, 1.165) is 10.9 Å². The minimum absolute atomic E-state index is 0.0225. The molecule has 0 atom stereocenters. The van der Waals surface area contributed by atoms with Crippen LogP contribution in [-0.4, -0.2) is 25.9 Å². The summed E-state index contributed by atoms with van der Waals surface area (Å²) in [4.78, 5) is 10.9. The van der Waals surface area contributed by atoms with Gasteiger partial charge in [0, 0.05) is 5.39 Å². The fourth-order valence-corrected chi connectivity index (χ4v) is 1.76. The van der Waals surface area contributed by atoms with Gasteiger partial charge in [0.05, 0.1) is 5.52 Å². The van der Waals surface area contributed by atoms with Gasteiger partial charge < -0.3 is 5.11 Å². The third kappa shape index (κ3) is 1.08. The summed E-state index contributed by atoms with van der Waals surface area (Å²) in [5, 5.41) is 17.4. The van der Waals surface area contributed by atoms with Crippen LogP contribution in [0, 0.1) is 0 Å². The topological polar surface area (TPSA) is 67.5 Å². The first kappa shape index (κ1) is 8.84. The SMILES string of the molecule is O=C(O)c1nnn2c1ccc1ccccc12. The normalized spacial score (nSPS) is 11.0. The van der Waals surface area contributed by atoms with Crippen LogP contribution in [0.4, 0.5) is 0 Å². The molecule has 0 radical (unpaired) electrons. The summed E-state index contributed by atoms with van der Waals surface area (Å²) in [6.45, 7) is 0. The van der Waals surface area contributed by atoms with Crippen LogP contribution in [0.5, 0.6) is 0 Å². The third-order valence-electron chi connectivity index (χ3n) is 2.49. The van der Waals surface area contributed by atoms with Crippen molar-refractivity contribution in [3.05, 3.63) is 42.1 Å². The van der Waals surface area contributed by atoms with E-state index < -0.39 is 5.97 Å². The molecule has 0 amide bonds. The van der Waals surface area contributed by atoms with E-state index in [0.29, 0.717) is 5.52 Å². The van der Waals surface area contributed by atoms with Crippen molar-refractivity contribution < 1.29 is 9.90 Å². The number of pyridine rings is 1. The van der Waals surface area contributed by atoms with E-state index in [9.17, 15) is 4.79 Å². The average Bonchev–Trinajstić information content (AvgIpc) is 2.73. The van der Waals surface area contributed by atoms with Crippen molar-refractivity contribution in [2.75, 3.05) is 0 Å². The number of carboxylic acid groups (broad SMARTS) is 1. The number of hydrogen-bond acceptors (Lipinski definition) is 3. The van der Waals surface area contributed by atoms with Gasteiger partial charge in [0.2, 0.25) is 0 Å². The number of rotatable bonds is 1. The van der Waals surface area contributed by atoms with E-state index in [1.54, 1.807) is 10.6 Å². The predicted octanol–water partition coefficient (Wildman–Crippen LogP) is 1.58. The van der Waals surface area contributed by atoms with Crippen LogP contribution in [0.2, 0.25) is 0 Å². The fourth-order valence-electron chi connectivity index (χ4n) is 1.76. The predicted molar refractivity (Wildman–Crippen MR) is 57.5 cm³/mol. The van der Waals surface area contributed by atoms with Crippen LogP contribution in [0.15, 0.2) is 36.4 Å². The Kier molecular flexibility index (Phi) is 1.67. The van der Waals surface area contributed by atoms with Crippen molar-refractivity contribution in [2.45, 2.75) is 0 Å². The molecule has 0 saturated heterocycles. The maximum Gasteiger partial charge on any atom is 0.358 e. The molecule has 0 unspecified atom stereocenters. The molecule has 16 heavy (non-hydrogen) atoms. The Morgan fingerprint density at radius 1 is 1.12 bits per heavy atom. The van der Waals surface area contributed by atoms with Crippen molar-refractivity contribution in [3.8, 4) is 0 Å². The summed E-state index contributed by atoms with van der Waals surface area (Å²) >= 11 is 0. The first-order valence-electron chi connectivity index (χ1n) is 4.74. The first-order chi connectivity index (χ1) is 7.77. The van der Waals surface area contributed by atoms with Gasteiger partial charge in [0.15, 0.2) is 5.69 Å². The number of para-hydroxylation sites is 1. The molecule has 0 aliphatic heterocycles. The van der Waals surface area contributed by atoms with E-state index in [1.807, 2.05) is 30.3 Å². The molecule has 0 bridgehead atoms. The van der Waals surface area contributed by atoms with Gasteiger partial charge in [-0.05, 0) is 12.1 Å². The maximum absolute atomic E-state index is 10.9. The summed E-state index contributed by atoms with van der Waals surface area (Å²) < 4.78 is 1.54. The lowest BCUT2D eigenvalue weighted by atomic mass is 10.2. The highest BCUT2D eigenvalue weighted by atomic mass is 16.4. The Morgan fingerprint density at radius 2 is 1.94 bits per heavy atom. The molecule has 0 fully saturated rings. The molecule has 3 aromatic rings. The van der Waals surface area contributed by atoms with Crippen molar-refractivity contribution in [3.63, 3.8) is 0 Å². The molecule has 78 valence electrons. The average molecular weight is 213 g/mol. The van der Waals surface area contributed by atoms with Gasteiger partial charge in [0.25, 0.3) is 0 Å². The number of benzene rings is 1. The van der Waals surface area contributed by atoms with Crippen molar-refractivity contribution in [1.29, 1.82) is 0 Å². The van der Waals surface area contributed by atoms with E-state index in [1.165, 1.54) is 0 Å². The Balaban J connectivity index is 2.49. The molecule has 0 aliphatic rings. The first-order valence-corrected chi connectivity index (χ1v) is 4.74. The largest absolute Gasteiger partial charge is 0.476 e. The zero-order valence-corrected chi connectivity index (χ0v) is 8.16. The number of carboxylic acids is 1. The Bertz CT molecular complexity index is 703. The number of carbonyl (C=O) groups is 1. The summed E-state index contributed by atoms with van der Waals surface area (Å²) in [7, 11) is 0. The molecular weight excluding hydrogens is 206 g/mol.